The minimum atomic E-state index is -0.731. The molecule has 0 unspecified atom stereocenters. The summed E-state index contributed by atoms with van der Waals surface area (Å²) in [6.07, 6.45) is 0. The van der Waals surface area contributed by atoms with Crippen molar-refractivity contribution >= 4 is 28.6 Å². The third-order valence-electron chi connectivity index (χ3n) is 2.06. The molecule has 0 radical (unpaired) electrons. The number of nitrogens with one attached hydrogen (secondary N) is 1. The van der Waals surface area contributed by atoms with Gasteiger partial charge >= 0.3 is 5.97 Å². The Morgan fingerprint density at radius 3 is 3.06 bits per heavy atom. The van der Waals surface area contributed by atoms with Gasteiger partial charge in [-0.05, 0) is 30.7 Å². The van der Waals surface area contributed by atoms with Crippen LogP contribution in [0.3, 0.4) is 0 Å². The Morgan fingerprint density at radius 2 is 2.38 bits per heavy atom. The van der Waals surface area contributed by atoms with Crippen molar-refractivity contribution in [2.45, 2.75) is 6.92 Å². The van der Waals surface area contributed by atoms with Crippen molar-refractivity contribution in [3.05, 3.63) is 28.8 Å². The lowest BCUT2D eigenvalue weighted by Gasteiger charge is -2.03. The molecule has 1 aromatic carbocycles. The number of aromatic nitrogens is 2. The van der Waals surface area contributed by atoms with E-state index in [4.69, 9.17) is 16.3 Å². The van der Waals surface area contributed by atoms with Gasteiger partial charge in [-0.15, -0.1) is 0 Å². The number of esters is 1. The molecule has 0 bridgehead atoms. The summed E-state index contributed by atoms with van der Waals surface area (Å²) in [4.78, 5) is 18.0. The summed E-state index contributed by atoms with van der Waals surface area (Å²) in [6.45, 7) is 1.83. The van der Waals surface area contributed by atoms with Crippen LogP contribution < -0.4 is 0 Å². The lowest BCUT2D eigenvalue weighted by Crippen LogP contribution is -2.08. The van der Waals surface area contributed by atoms with Gasteiger partial charge in [0.1, 0.15) is 11.4 Å². The van der Waals surface area contributed by atoms with Gasteiger partial charge in [-0.25, -0.2) is 14.2 Å². The number of hydrogen-bond donors (Lipinski definition) is 1. The van der Waals surface area contributed by atoms with E-state index in [1.54, 1.807) is 6.92 Å². The van der Waals surface area contributed by atoms with Gasteiger partial charge in [-0.2, -0.15) is 0 Å². The number of carbonyl (C=O) groups is 1. The molecule has 0 aliphatic heterocycles. The predicted molar refractivity (Wildman–Crippen MR) is 57.0 cm³/mol. The first-order valence-electron chi connectivity index (χ1n) is 4.64. The molecule has 6 heteroatoms. The van der Waals surface area contributed by atoms with Crippen LogP contribution in [0, 0.1) is 5.82 Å². The number of rotatable bonds is 2. The van der Waals surface area contributed by atoms with E-state index in [1.165, 1.54) is 6.07 Å². The predicted octanol–water partition coefficient (Wildman–Crippen LogP) is 2.53. The van der Waals surface area contributed by atoms with Gasteiger partial charge in [0.15, 0.2) is 0 Å². The van der Waals surface area contributed by atoms with E-state index in [1.807, 2.05) is 0 Å². The van der Waals surface area contributed by atoms with E-state index >= 15 is 0 Å². The highest BCUT2D eigenvalue weighted by atomic mass is 35.5. The van der Waals surface area contributed by atoms with Crippen molar-refractivity contribution in [1.29, 1.82) is 0 Å². The van der Waals surface area contributed by atoms with Crippen LogP contribution in [-0.4, -0.2) is 22.5 Å². The molecule has 0 amide bonds. The van der Waals surface area contributed by atoms with E-state index in [0.29, 0.717) is 5.52 Å². The first-order chi connectivity index (χ1) is 7.63. The monoisotopic (exact) mass is 242 g/mol. The van der Waals surface area contributed by atoms with Crippen LogP contribution in [0.25, 0.3) is 11.0 Å². The van der Waals surface area contributed by atoms with Crippen LogP contribution in [-0.2, 0) is 4.74 Å². The van der Waals surface area contributed by atoms with Crippen LogP contribution in [0.15, 0.2) is 12.1 Å². The highest BCUT2D eigenvalue weighted by molar-refractivity contribution is 6.29. The maximum absolute atomic E-state index is 13.5. The Labute approximate surface area is 95.4 Å². The molecule has 4 nitrogen and oxygen atoms in total. The van der Waals surface area contributed by atoms with Gasteiger partial charge in [0.05, 0.1) is 17.6 Å². The fourth-order valence-electron chi connectivity index (χ4n) is 1.43. The van der Waals surface area contributed by atoms with Gasteiger partial charge < -0.3 is 9.72 Å². The summed E-state index contributed by atoms with van der Waals surface area (Å²) >= 11 is 5.65. The molecule has 0 spiro atoms. The van der Waals surface area contributed by atoms with Crippen molar-refractivity contribution in [3.8, 4) is 0 Å². The maximum Gasteiger partial charge on any atom is 0.343 e. The fourth-order valence-corrected chi connectivity index (χ4v) is 1.61. The molecule has 0 saturated heterocycles. The molecule has 1 heterocycles. The summed E-state index contributed by atoms with van der Waals surface area (Å²) in [5.74, 6) is -1.39. The normalized spacial score (nSPS) is 10.7. The largest absolute Gasteiger partial charge is 0.462 e. The van der Waals surface area contributed by atoms with E-state index in [0.717, 1.165) is 6.07 Å². The van der Waals surface area contributed by atoms with Crippen LogP contribution >= 0.6 is 11.6 Å². The summed E-state index contributed by atoms with van der Waals surface area (Å²) < 4.78 is 18.3. The average Bonchev–Trinajstić information content (AvgIpc) is 2.58. The number of H-pyrrole nitrogens is 1. The van der Waals surface area contributed by atoms with Gasteiger partial charge in [-0.3, -0.25) is 0 Å². The Balaban J connectivity index is 2.65. The molecule has 0 fully saturated rings. The van der Waals surface area contributed by atoms with Gasteiger partial charge in [0.2, 0.25) is 5.28 Å². The summed E-state index contributed by atoms with van der Waals surface area (Å²) in [7, 11) is 0. The van der Waals surface area contributed by atoms with Crippen molar-refractivity contribution in [3.63, 3.8) is 0 Å². The third kappa shape index (κ3) is 1.74. The topological polar surface area (TPSA) is 55.0 Å². The average molecular weight is 243 g/mol. The fraction of sp³-hybridized carbons (Fsp3) is 0.200. The Hall–Kier alpha value is -1.62. The highest BCUT2D eigenvalue weighted by Gasteiger charge is 2.19. The molecule has 0 aliphatic rings. The van der Waals surface area contributed by atoms with E-state index in [9.17, 15) is 9.18 Å². The van der Waals surface area contributed by atoms with Gasteiger partial charge in [0.25, 0.3) is 0 Å². The number of imidazole rings is 1. The maximum atomic E-state index is 13.5. The SMILES string of the molecule is CCOC(=O)c1c(F)ccc2nc(Cl)[nH]c12. The second kappa shape index (κ2) is 4.09. The van der Waals surface area contributed by atoms with Crippen LogP contribution in [0.2, 0.25) is 5.28 Å². The van der Waals surface area contributed by atoms with E-state index < -0.39 is 11.8 Å². The molecule has 0 aliphatic carbocycles. The first kappa shape index (κ1) is 10.9. The summed E-state index contributed by atoms with van der Waals surface area (Å²) in [5, 5.41) is 0.103. The van der Waals surface area contributed by atoms with E-state index in [-0.39, 0.29) is 23.0 Å². The summed E-state index contributed by atoms with van der Waals surface area (Å²) in [6, 6.07) is 2.60. The second-order valence-electron chi connectivity index (χ2n) is 3.06. The molecule has 1 N–H and O–H groups in total. The zero-order valence-electron chi connectivity index (χ0n) is 8.38. The Kier molecular flexibility index (Phi) is 2.78. The highest BCUT2D eigenvalue weighted by Crippen LogP contribution is 2.22. The number of halogens is 2. The number of fused-ring (bicyclic) bond motifs is 1. The zero-order chi connectivity index (χ0) is 11.7. The van der Waals surface area contributed by atoms with Crippen molar-refractivity contribution in [2.75, 3.05) is 6.61 Å². The quantitative estimate of drug-likeness (QED) is 0.824. The van der Waals surface area contributed by atoms with Gasteiger partial charge in [0, 0.05) is 0 Å². The van der Waals surface area contributed by atoms with E-state index in [2.05, 4.69) is 9.97 Å². The molecule has 2 rings (SSSR count). The molecular weight excluding hydrogens is 235 g/mol. The molecule has 0 saturated carbocycles. The lowest BCUT2D eigenvalue weighted by molar-refractivity contribution is 0.0523. The second-order valence-corrected chi connectivity index (χ2v) is 3.42. The minimum absolute atomic E-state index is 0.103. The minimum Gasteiger partial charge on any atom is -0.462 e. The standard InChI is InChI=1S/C10H8ClFN2O2/c1-2-16-9(15)7-5(12)3-4-6-8(7)14-10(11)13-6/h3-4H,2H2,1H3,(H,13,14). The number of nitrogens with zero attached hydrogens (tertiary/aromatic N) is 1. The van der Waals surface area contributed by atoms with Crippen LogP contribution in [0.4, 0.5) is 4.39 Å². The third-order valence-corrected chi connectivity index (χ3v) is 2.24. The number of benzene rings is 1. The zero-order valence-corrected chi connectivity index (χ0v) is 9.14. The number of carbonyl (C=O) groups excluding carboxylic acids is 1. The van der Waals surface area contributed by atoms with Crippen LogP contribution in [0.1, 0.15) is 17.3 Å². The molecule has 84 valence electrons. The Morgan fingerprint density at radius 1 is 1.62 bits per heavy atom. The molecule has 2 aromatic rings. The number of hydrogen-bond acceptors (Lipinski definition) is 3. The summed E-state index contributed by atoms with van der Waals surface area (Å²) in [5.41, 5.74) is 0.511. The number of aromatic amines is 1. The molecule has 16 heavy (non-hydrogen) atoms. The van der Waals surface area contributed by atoms with Crippen molar-refractivity contribution in [2.24, 2.45) is 0 Å². The van der Waals surface area contributed by atoms with Crippen molar-refractivity contribution < 1.29 is 13.9 Å². The molecule has 1 aromatic heterocycles. The first-order valence-corrected chi connectivity index (χ1v) is 5.02. The smallest absolute Gasteiger partial charge is 0.343 e. The van der Waals surface area contributed by atoms with Gasteiger partial charge in [-0.1, -0.05) is 0 Å². The molecule has 0 atom stereocenters. The van der Waals surface area contributed by atoms with Crippen molar-refractivity contribution in [1.82, 2.24) is 9.97 Å². The lowest BCUT2D eigenvalue weighted by atomic mass is 10.2. The number of ether oxygens (including phenoxy) is 1. The van der Waals surface area contributed by atoms with Crippen LogP contribution in [0.5, 0.6) is 0 Å². The Bertz CT molecular complexity index is 553. The molecular formula is C10H8ClFN2O2.